The van der Waals surface area contributed by atoms with Gasteiger partial charge in [-0.2, -0.15) is 0 Å². The van der Waals surface area contributed by atoms with Gasteiger partial charge in [0, 0.05) is 18.3 Å². The van der Waals surface area contributed by atoms with Gasteiger partial charge >= 0.3 is 5.97 Å². The number of hydrogen-bond donors (Lipinski definition) is 1. The number of halogens is 1. The first kappa shape index (κ1) is 11.1. The third-order valence-corrected chi connectivity index (χ3v) is 2.00. The van der Waals surface area contributed by atoms with Gasteiger partial charge in [-0.15, -0.1) is 0 Å². The Labute approximate surface area is 96.3 Å². The number of benzene rings is 1. The molecule has 0 saturated heterocycles. The summed E-state index contributed by atoms with van der Waals surface area (Å²) in [6.07, 6.45) is 1.32. The SMILES string of the molecule is O=C(O)c1ccnc(Oc2cccc(F)c2)c1. The molecule has 1 N–H and O–H groups in total. The first-order valence-electron chi connectivity index (χ1n) is 4.78. The van der Waals surface area contributed by atoms with E-state index in [1.165, 1.54) is 36.5 Å². The smallest absolute Gasteiger partial charge is 0.335 e. The molecule has 0 spiro atoms. The summed E-state index contributed by atoms with van der Waals surface area (Å²) in [5.74, 6) is -1.14. The molecular formula is C12H8FNO3. The number of nitrogens with zero attached hydrogens (tertiary/aromatic N) is 1. The lowest BCUT2D eigenvalue weighted by Gasteiger charge is -2.04. The molecule has 0 amide bonds. The molecule has 2 aromatic rings. The molecule has 5 heteroatoms. The van der Waals surface area contributed by atoms with Crippen LogP contribution in [0.4, 0.5) is 4.39 Å². The van der Waals surface area contributed by atoms with Crippen molar-refractivity contribution in [1.29, 1.82) is 0 Å². The van der Waals surface area contributed by atoms with E-state index in [0.29, 0.717) is 0 Å². The van der Waals surface area contributed by atoms with E-state index in [2.05, 4.69) is 4.98 Å². The summed E-state index contributed by atoms with van der Waals surface area (Å²) in [4.78, 5) is 14.6. The molecule has 0 saturated carbocycles. The Morgan fingerprint density at radius 2 is 2.12 bits per heavy atom. The summed E-state index contributed by atoms with van der Waals surface area (Å²) in [7, 11) is 0. The number of carboxylic acids is 1. The molecule has 0 atom stereocenters. The summed E-state index contributed by atoms with van der Waals surface area (Å²) in [6, 6.07) is 8.14. The van der Waals surface area contributed by atoms with E-state index >= 15 is 0 Å². The van der Waals surface area contributed by atoms with Crippen LogP contribution < -0.4 is 4.74 Å². The third-order valence-electron chi connectivity index (χ3n) is 2.00. The standard InChI is InChI=1S/C12H8FNO3/c13-9-2-1-3-10(7-9)17-11-6-8(12(15)16)4-5-14-11/h1-7H,(H,15,16). The fraction of sp³-hybridized carbons (Fsp3) is 0. The molecule has 1 aromatic heterocycles. The highest BCUT2D eigenvalue weighted by Gasteiger charge is 2.06. The Hall–Kier alpha value is -2.43. The predicted octanol–water partition coefficient (Wildman–Crippen LogP) is 2.71. The number of ether oxygens (including phenoxy) is 1. The van der Waals surface area contributed by atoms with E-state index in [1.54, 1.807) is 6.07 Å². The second-order valence-corrected chi connectivity index (χ2v) is 3.25. The van der Waals surface area contributed by atoms with Gasteiger partial charge in [0.2, 0.25) is 5.88 Å². The highest BCUT2D eigenvalue weighted by atomic mass is 19.1. The molecule has 2 rings (SSSR count). The Bertz CT molecular complexity index is 557. The molecule has 0 radical (unpaired) electrons. The van der Waals surface area contributed by atoms with Crippen molar-refractivity contribution in [3.63, 3.8) is 0 Å². The van der Waals surface area contributed by atoms with Crippen molar-refractivity contribution in [2.75, 3.05) is 0 Å². The lowest BCUT2D eigenvalue weighted by molar-refractivity contribution is 0.0696. The van der Waals surface area contributed by atoms with Crippen LogP contribution in [0.1, 0.15) is 10.4 Å². The number of aromatic carboxylic acids is 1. The van der Waals surface area contributed by atoms with Crippen molar-refractivity contribution in [3.05, 3.63) is 54.0 Å². The maximum absolute atomic E-state index is 12.9. The third kappa shape index (κ3) is 2.78. The second kappa shape index (κ2) is 4.61. The quantitative estimate of drug-likeness (QED) is 0.885. The van der Waals surface area contributed by atoms with Gasteiger partial charge in [-0.05, 0) is 18.2 Å². The average Bonchev–Trinajstić information content (AvgIpc) is 2.29. The van der Waals surface area contributed by atoms with Gasteiger partial charge in [-0.25, -0.2) is 14.2 Å². The molecule has 1 aromatic carbocycles. The molecule has 0 aliphatic rings. The second-order valence-electron chi connectivity index (χ2n) is 3.25. The minimum absolute atomic E-state index is 0.0615. The summed E-state index contributed by atoms with van der Waals surface area (Å²) in [5.41, 5.74) is 0.0615. The normalized spacial score (nSPS) is 9.94. The van der Waals surface area contributed by atoms with Crippen LogP contribution in [0.15, 0.2) is 42.6 Å². The highest BCUT2D eigenvalue weighted by Crippen LogP contribution is 2.20. The Morgan fingerprint density at radius 3 is 2.82 bits per heavy atom. The molecule has 86 valence electrons. The first-order chi connectivity index (χ1) is 8.15. The number of hydrogen-bond acceptors (Lipinski definition) is 3. The van der Waals surface area contributed by atoms with Crippen molar-refractivity contribution in [2.24, 2.45) is 0 Å². The zero-order valence-electron chi connectivity index (χ0n) is 8.63. The maximum atomic E-state index is 12.9. The van der Waals surface area contributed by atoms with Crippen LogP contribution in [0.25, 0.3) is 0 Å². The topological polar surface area (TPSA) is 59.4 Å². The summed E-state index contributed by atoms with van der Waals surface area (Å²) in [5, 5.41) is 8.78. The highest BCUT2D eigenvalue weighted by molar-refractivity contribution is 5.87. The van der Waals surface area contributed by atoms with E-state index in [0.717, 1.165) is 0 Å². The predicted molar refractivity (Wildman–Crippen MR) is 57.7 cm³/mol. The number of pyridine rings is 1. The van der Waals surface area contributed by atoms with Crippen LogP contribution in [-0.4, -0.2) is 16.1 Å². The Kier molecular flexibility index (Phi) is 3.00. The molecule has 4 nitrogen and oxygen atoms in total. The van der Waals surface area contributed by atoms with Crippen molar-refractivity contribution < 1.29 is 19.0 Å². The molecule has 0 fully saturated rings. The molecule has 0 aliphatic heterocycles. The molecular weight excluding hydrogens is 225 g/mol. The lowest BCUT2D eigenvalue weighted by Crippen LogP contribution is -1.97. The van der Waals surface area contributed by atoms with Crippen molar-refractivity contribution >= 4 is 5.97 Å². The molecule has 0 aliphatic carbocycles. The summed E-state index contributed by atoms with van der Waals surface area (Å²) < 4.78 is 18.1. The van der Waals surface area contributed by atoms with Crippen LogP contribution in [0.3, 0.4) is 0 Å². The van der Waals surface area contributed by atoms with Crippen molar-refractivity contribution in [3.8, 4) is 11.6 Å². The van der Waals surface area contributed by atoms with Crippen LogP contribution in [0.2, 0.25) is 0 Å². The Morgan fingerprint density at radius 1 is 1.29 bits per heavy atom. The van der Waals surface area contributed by atoms with Crippen LogP contribution in [-0.2, 0) is 0 Å². The van der Waals surface area contributed by atoms with Crippen LogP contribution in [0.5, 0.6) is 11.6 Å². The van der Waals surface area contributed by atoms with Crippen molar-refractivity contribution in [2.45, 2.75) is 0 Å². The lowest BCUT2D eigenvalue weighted by atomic mass is 10.3. The van der Waals surface area contributed by atoms with Crippen LogP contribution in [0, 0.1) is 5.82 Å². The van der Waals surface area contributed by atoms with E-state index < -0.39 is 11.8 Å². The van der Waals surface area contributed by atoms with Gasteiger partial charge in [-0.3, -0.25) is 0 Å². The van der Waals surface area contributed by atoms with Gasteiger partial charge in [0.15, 0.2) is 0 Å². The van der Waals surface area contributed by atoms with Gasteiger partial charge < -0.3 is 9.84 Å². The summed E-state index contributed by atoms with van der Waals surface area (Å²) in [6.45, 7) is 0. The number of carboxylic acid groups (broad SMARTS) is 1. The monoisotopic (exact) mass is 233 g/mol. The fourth-order valence-corrected chi connectivity index (χ4v) is 1.25. The first-order valence-corrected chi connectivity index (χ1v) is 4.78. The molecule has 1 heterocycles. The van der Waals surface area contributed by atoms with E-state index in [1.807, 2.05) is 0 Å². The van der Waals surface area contributed by atoms with E-state index in [9.17, 15) is 9.18 Å². The zero-order valence-corrected chi connectivity index (χ0v) is 8.63. The fourth-order valence-electron chi connectivity index (χ4n) is 1.25. The minimum atomic E-state index is -1.07. The maximum Gasteiger partial charge on any atom is 0.335 e. The molecule has 0 unspecified atom stereocenters. The van der Waals surface area contributed by atoms with E-state index in [4.69, 9.17) is 9.84 Å². The Balaban J connectivity index is 2.24. The zero-order chi connectivity index (χ0) is 12.3. The van der Waals surface area contributed by atoms with Gasteiger partial charge in [0.25, 0.3) is 0 Å². The van der Waals surface area contributed by atoms with Gasteiger partial charge in [0.05, 0.1) is 5.56 Å². The number of aromatic nitrogens is 1. The number of carbonyl (C=O) groups is 1. The minimum Gasteiger partial charge on any atom is -0.478 e. The van der Waals surface area contributed by atoms with E-state index in [-0.39, 0.29) is 17.2 Å². The van der Waals surface area contributed by atoms with Gasteiger partial charge in [-0.1, -0.05) is 6.07 Å². The molecule has 17 heavy (non-hydrogen) atoms. The van der Waals surface area contributed by atoms with Gasteiger partial charge in [0.1, 0.15) is 11.6 Å². The summed E-state index contributed by atoms with van der Waals surface area (Å²) >= 11 is 0. The van der Waals surface area contributed by atoms with Crippen LogP contribution >= 0.6 is 0 Å². The average molecular weight is 233 g/mol. The largest absolute Gasteiger partial charge is 0.478 e. The molecule has 0 bridgehead atoms. The van der Waals surface area contributed by atoms with Crippen molar-refractivity contribution in [1.82, 2.24) is 4.98 Å². The number of rotatable bonds is 3.